The minimum atomic E-state index is -0.511. The largest absolute Gasteiger partial charge is 0.487 e. The van der Waals surface area contributed by atoms with Crippen LogP contribution in [0, 0.1) is 0 Å². The quantitative estimate of drug-likeness (QED) is 0.400. The Morgan fingerprint density at radius 1 is 1.00 bits per heavy atom. The number of nitrogens with zero attached hydrogens (tertiary/aromatic N) is 4. The van der Waals surface area contributed by atoms with Crippen molar-refractivity contribution in [2.45, 2.75) is 13.2 Å². The average Bonchev–Trinajstić information content (AvgIpc) is 3.30. The fraction of sp³-hybridized carbons (Fsp3) is 0.0952. The Bertz CT molecular complexity index is 1140. The molecule has 2 heterocycles. The predicted molar refractivity (Wildman–Crippen MR) is 116 cm³/mol. The molecular weight excluding hydrogens is 416 g/mol. The van der Waals surface area contributed by atoms with Crippen LogP contribution in [0.4, 0.5) is 17.6 Å². The van der Waals surface area contributed by atoms with Crippen LogP contribution in [-0.4, -0.2) is 25.9 Å². The van der Waals surface area contributed by atoms with Gasteiger partial charge in [0.05, 0.1) is 16.8 Å². The Hall–Kier alpha value is -4.05. The summed E-state index contributed by atoms with van der Waals surface area (Å²) in [6, 6.07) is 16.0. The molecule has 0 aliphatic heterocycles. The van der Waals surface area contributed by atoms with Crippen LogP contribution in [0.15, 0.2) is 65.5 Å². The summed E-state index contributed by atoms with van der Waals surface area (Å²) in [7, 11) is 0. The van der Waals surface area contributed by atoms with Gasteiger partial charge in [0, 0.05) is 11.1 Å². The predicted octanol–water partition coefficient (Wildman–Crippen LogP) is 3.59. The molecule has 0 saturated heterocycles. The molecule has 10 heteroatoms. The lowest BCUT2D eigenvalue weighted by molar-refractivity contribution is 0.0462. The smallest absolute Gasteiger partial charge is 0.338 e. The average molecular weight is 434 g/mol. The van der Waals surface area contributed by atoms with Crippen LogP contribution in [0.5, 0.6) is 5.75 Å². The molecule has 0 amide bonds. The fourth-order valence-electron chi connectivity index (χ4n) is 2.58. The molecule has 0 unspecified atom stereocenters. The fourth-order valence-corrected chi connectivity index (χ4v) is 3.12. The van der Waals surface area contributed by atoms with E-state index in [0.717, 1.165) is 11.4 Å². The Morgan fingerprint density at radius 3 is 2.55 bits per heavy atom. The Labute approximate surface area is 181 Å². The van der Waals surface area contributed by atoms with Gasteiger partial charge in [-0.2, -0.15) is 15.0 Å². The lowest BCUT2D eigenvalue weighted by Crippen LogP contribution is -2.11. The van der Waals surface area contributed by atoms with Crippen molar-refractivity contribution in [3.8, 4) is 5.75 Å². The summed E-state index contributed by atoms with van der Waals surface area (Å²) in [5, 5.41) is 4.95. The second-order valence-electron chi connectivity index (χ2n) is 6.29. The summed E-state index contributed by atoms with van der Waals surface area (Å²) in [5.74, 6) is 0.656. The van der Waals surface area contributed by atoms with Gasteiger partial charge in [-0.1, -0.05) is 18.2 Å². The molecule has 31 heavy (non-hydrogen) atoms. The minimum Gasteiger partial charge on any atom is -0.487 e. The molecule has 0 atom stereocenters. The molecule has 0 bridgehead atoms. The van der Waals surface area contributed by atoms with Crippen molar-refractivity contribution in [1.82, 2.24) is 19.9 Å². The molecule has 156 valence electrons. The number of aromatic nitrogens is 4. The zero-order valence-corrected chi connectivity index (χ0v) is 17.1. The van der Waals surface area contributed by atoms with Crippen LogP contribution in [0.2, 0.25) is 0 Å². The van der Waals surface area contributed by atoms with Crippen molar-refractivity contribution >= 4 is 34.9 Å². The zero-order chi connectivity index (χ0) is 21.5. The third kappa shape index (κ3) is 5.73. The highest BCUT2D eigenvalue weighted by molar-refractivity contribution is 7.07. The third-order valence-corrected chi connectivity index (χ3v) is 4.66. The van der Waals surface area contributed by atoms with Crippen molar-refractivity contribution in [2.24, 2.45) is 0 Å². The summed E-state index contributed by atoms with van der Waals surface area (Å²) < 4.78 is 10.9. The van der Waals surface area contributed by atoms with Gasteiger partial charge in [0.15, 0.2) is 12.4 Å². The summed E-state index contributed by atoms with van der Waals surface area (Å²) in [6.45, 7) is 0.227. The first-order valence-corrected chi connectivity index (χ1v) is 10.2. The van der Waals surface area contributed by atoms with E-state index in [2.05, 4.69) is 25.3 Å². The number of anilines is 3. The lowest BCUT2D eigenvalue weighted by Gasteiger charge is -2.08. The summed E-state index contributed by atoms with van der Waals surface area (Å²) in [6.07, 6.45) is 0. The minimum absolute atomic E-state index is 0.0288. The maximum absolute atomic E-state index is 12.3. The normalized spacial score (nSPS) is 10.5. The monoisotopic (exact) mass is 434 g/mol. The van der Waals surface area contributed by atoms with Gasteiger partial charge in [0.2, 0.25) is 11.9 Å². The van der Waals surface area contributed by atoms with E-state index in [4.69, 9.17) is 15.2 Å². The van der Waals surface area contributed by atoms with Gasteiger partial charge < -0.3 is 20.5 Å². The maximum Gasteiger partial charge on any atom is 0.338 e. The van der Waals surface area contributed by atoms with Crippen LogP contribution in [0.25, 0.3) is 0 Å². The van der Waals surface area contributed by atoms with Crippen molar-refractivity contribution < 1.29 is 14.3 Å². The zero-order valence-electron chi connectivity index (χ0n) is 16.3. The van der Waals surface area contributed by atoms with Gasteiger partial charge in [-0.25, -0.2) is 9.78 Å². The van der Waals surface area contributed by atoms with Gasteiger partial charge in [0.1, 0.15) is 12.4 Å². The molecule has 4 rings (SSSR count). The second kappa shape index (κ2) is 9.63. The van der Waals surface area contributed by atoms with E-state index in [1.165, 1.54) is 11.3 Å². The molecule has 2 aromatic heterocycles. The third-order valence-electron chi connectivity index (χ3n) is 4.02. The van der Waals surface area contributed by atoms with Crippen LogP contribution >= 0.6 is 11.3 Å². The van der Waals surface area contributed by atoms with Gasteiger partial charge in [0.25, 0.3) is 0 Å². The molecule has 3 N–H and O–H groups in total. The Kier molecular flexibility index (Phi) is 6.29. The van der Waals surface area contributed by atoms with Crippen LogP contribution < -0.4 is 15.8 Å². The number of carbonyl (C=O) groups is 1. The number of benzene rings is 2. The number of hydrogen-bond donors (Lipinski definition) is 2. The molecule has 0 aliphatic rings. The molecule has 0 aliphatic carbocycles. The molecule has 2 aromatic carbocycles. The highest BCUT2D eigenvalue weighted by Crippen LogP contribution is 2.16. The van der Waals surface area contributed by atoms with Crippen molar-refractivity contribution in [2.75, 3.05) is 11.1 Å². The number of esters is 1. The Balaban J connectivity index is 1.33. The van der Waals surface area contributed by atoms with Crippen molar-refractivity contribution in [3.63, 3.8) is 0 Å². The molecule has 0 fully saturated rings. The highest BCUT2D eigenvalue weighted by Gasteiger charge is 2.11. The van der Waals surface area contributed by atoms with Crippen LogP contribution in [-0.2, 0) is 18.0 Å². The van der Waals surface area contributed by atoms with Gasteiger partial charge in [-0.05, 0) is 36.4 Å². The first kappa shape index (κ1) is 20.2. The molecule has 0 radical (unpaired) electrons. The van der Waals surface area contributed by atoms with Crippen LogP contribution in [0.3, 0.4) is 0 Å². The summed E-state index contributed by atoms with van der Waals surface area (Å²) in [4.78, 5) is 28.8. The standard InChI is InChI=1S/C21H18N6O3S/c22-20-25-18(26-21(27-20)24-15-4-2-1-3-5-15)11-30-19(28)14-6-8-17(9-7-14)29-10-16-12-31-13-23-16/h1-9,12-13H,10-11H2,(H3,22,24,25,26,27). The van der Waals surface area contributed by atoms with E-state index in [-0.39, 0.29) is 24.3 Å². The number of hydrogen-bond acceptors (Lipinski definition) is 10. The molecular formula is C21H18N6O3S. The molecule has 4 aromatic rings. The van der Waals surface area contributed by atoms with E-state index in [1.54, 1.807) is 29.8 Å². The molecule has 0 saturated carbocycles. The van der Waals surface area contributed by atoms with Crippen molar-refractivity contribution in [3.05, 3.63) is 82.6 Å². The van der Waals surface area contributed by atoms with Crippen LogP contribution in [0.1, 0.15) is 21.9 Å². The number of para-hydroxylation sites is 1. The molecule has 9 nitrogen and oxygen atoms in total. The topological polar surface area (TPSA) is 125 Å². The van der Waals surface area contributed by atoms with Gasteiger partial charge in [-0.15, -0.1) is 11.3 Å². The van der Waals surface area contributed by atoms with E-state index in [1.807, 2.05) is 35.7 Å². The van der Waals surface area contributed by atoms with E-state index in [9.17, 15) is 4.79 Å². The van der Waals surface area contributed by atoms with Crippen molar-refractivity contribution in [1.29, 1.82) is 0 Å². The number of carbonyl (C=O) groups excluding carboxylic acids is 1. The SMILES string of the molecule is Nc1nc(COC(=O)c2ccc(OCc3cscn3)cc2)nc(Nc2ccccc2)n1. The Morgan fingerprint density at radius 2 is 1.81 bits per heavy atom. The van der Waals surface area contributed by atoms with E-state index >= 15 is 0 Å². The van der Waals surface area contributed by atoms with E-state index in [0.29, 0.717) is 17.9 Å². The maximum atomic E-state index is 12.3. The number of thiazole rings is 1. The summed E-state index contributed by atoms with van der Waals surface area (Å²) in [5.41, 5.74) is 9.53. The molecule has 0 spiro atoms. The number of nitrogens with one attached hydrogen (secondary N) is 1. The first-order chi connectivity index (χ1) is 15.2. The number of ether oxygens (including phenoxy) is 2. The van der Waals surface area contributed by atoms with E-state index < -0.39 is 5.97 Å². The second-order valence-corrected chi connectivity index (χ2v) is 7.01. The lowest BCUT2D eigenvalue weighted by atomic mass is 10.2. The number of rotatable bonds is 8. The highest BCUT2D eigenvalue weighted by atomic mass is 32.1. The number of nitrogen functional groups attached to an aromatic ring is 1. The van der Waals surface area contributed by atoms with Gasteiger partial charge >= 0.3 is 5.97 Å². The first-order valence-electron chi connectivity index (χ1n) is 9.25. The summed E-state index contributed by atoms with van der Waals surface area (Å²) >= 11 is 1.51. The van der Waals surface area contributed by atoms with Gasteiger partial charge in [-0.3, -0.25) is 0 Å². The number of nitrogens with two attached hydrogens (primary N) is 1.